The SMILES string of the molecule is COC(=O)c1ccc(Cn2cccc2C=O)o1. The van der Waals surface area contributed by atoms with Crippen LogP contribution < -0.4 is 0 Å². The Hall–Kier alpha value is -2.30. The van der Waals surface area contributed by atoms with Crippen molar-refractivity contribution in [2.24, 2.45) is 0 Å². The monoisotopic (exact) mass is 233 g/mol. The number of ether oxygens (including phenoxy) is 1. The van der Waals surface area contributed by atoms with Crippen molar-refractivity contribution in [1.29, 1.82) is 0 Å². The number of hydrogen-bond acceptors (Lipinski definition) is 4. The van der Waals surface area contributed by atoms with Gasteiger partial charge in [0.15, 0.2) is 6.29 Å². The van der Waals surface area contributed by atoms with Gasteiger partial charge in [0, 0.05) is 6.20 Å². The summed E-state index contributed by atoms with van der Waals surface area (Å²) in [6.45, 7) is 0.401. The van der Waals surface area contributed by atoms with Crippen molar-refractivity contribution >= 4 is 12.3 Å². The number of aromatic nitrogens is 1. The quantitative estimate of drug-likeness (QED) is 0.596. The summed E-state index contributed by atoms with van der Waals surface area (Å²) in [6, 6.07) is 6.71. The van der Waals surface area contributed by atoms with Crippen LogP contribution in [0, 0.1) is 0 Å². The summed E-state index contributed by atoms with van der Waals surface area (Å²) < 4.78 is 11.6. The lowest BCUT2D eigenvalue weighted by molar-refractivity contribution is 0.0562. The van der Waals surface area contributed by atoms with Crippen LogP contribution >= 0.6 is 0 Å². The topological polar surface area (TPSA) is 61.4 Å². The van der Waals surface area contributed by atoms with Crippen LogP contribution in [0.25, 0.3) is 0 Å². The lowest BCUT2D eigenvalue weighted by atomic mass is 10.4. The van der Waals surface area contributed by atoms with Crippen molar-refractivity contribution < 1.29 is 18.7 Å². The second-order valence-corrected chi connectivity index (χ2v) is 3.44. The van der Waals surface area contributed by atoms with Gasteiger partial charge in [-0.3, -0.25) is 4.79 Å². The summed E-state index contributed by atoms with van der Waals surface area (Å²) in [4.78, 5) is 21.9. The number of rotatable bonds is 4. The van der Waals surface area contributed by atoms with Gasteiger partial charge in [0.05, 0.1) is 19.3 Å². The average Bonchev–Trinajstić information content (AvgIpc) is 2.97. The minimum Gasteiger partial charge on any atom is -0.463 e. The van der Waals surface area contributed by atoms with Gasteiger partial charge >= 0.3 is 5.97 Å². The normalized spacial score (nSPS) is 10.2. The Labute approximate surface area is 97.6 Å². The van der Waals surface area contributed by atoms with Crippen LogP contribution in [0.4, 0.5) is 0 Å². The van der Waals surface area contributed by atoms with E-state index in [9.17, 15) is 9.59 Å². The second-order valence-electron chi connectivity index (χ2n) is 3.44. The first kappa shape index (κ1) is 11.2. The van der Waals surface area contributed by atoms with Crippen molar-refractivity contribution in [1.82, 2.24) is 4.57 Å². The molecular weight excluding hydrogens is 222 g/mol. The van der Waals surface area contributed by atoms with E-state index in [4.69, 9.17) is 4.42 Å². The van der Waals surface area contributed by atoms with E-state index in [-0.39, 0.29) is 5.76 Å². The number of carbonyl (C=O) groups excluding carboxylic acids is 2. The molecule has 0 amide bonds. The van der Waals surface area contributed by atoms with Crippen molar-refractivity contribution in [3.8, 4) is 0 Å². The lowest BCUT2D eigenvalue weighted by Crippen LogP contribution is -2.02. The van der Waals surface area contributed by atoms with Crippen molar-refractivity contribution in [3.63, 3.8) is 0 Å². The van der Waals surface area contributed by atoms with E-state index >= 15 is 0 Å². The van der Waals surface area contributed by atoms with Gasteiger partial charge in [-0.1, -0.05) is 0 Å². The third kappa shape index (κ3) is 2.28. The number of aldehydes is 1. The van der Waals surface area contributed by atoms with E-state index in [1.165, 1.54) is 7.11 Å². The number of hydrogen-bond donors (Lipinski definition) is 0. The highest BCUT2D eigenvalue weighted by Gasteiger charge is 2.11. The van der Waals surface area contributed by atoms with Gasteiger partial charge in [-0.25, -0.2) is 4.79 Å². The molecule has 0 spiro atoms. The summed E-state index contributed by atoms with van der Waals surface area (Å²) in [5.41, 5.74) is 0.556. The van der Waals surface area contributed by atoms with Gasteiger partial charge in [0.25, 0.3) is 0 Å². The summed E-state index contributed by atoms with van der Waals surface area (Å²) >= 11 is 0. The standard InChI is InChI=1S/C12H11NO4/c1-16-12(15)11-5-4-10(17-11)7-13-6-2-3-9(13)8-14/h2-6,8H,7H2,1H3. The molecule has 0 aliphatic heterocycles. The molecule has 88 valence electrons. The molecular formula is C12H11NO4. The fraction of sp³-hybridized carbons (Fsp3) is 0.167. The lowest BCUT2D eigenvalue weighted by Gasteiger charge is -2.01. The molecule has 0 fully saturated rings. The average molecular weight is 233 g/mol. The first-order chi connectivity index (χ1) is 8.24. The van der Waals surface area contributed by atoms with Gasteiger partial charge in [0.1, 0.15) is 5.76 Å². The Morgan fingerprint density at radius 2 is 2.29 bits per heavy atom. The largest absolute Gasteiger partial charge is 0.463 e. The van der Waals surface area contributed by atoms with Gasteiger partial charge < -0.3 is 13.7 Å². The van der Waals surface area contributed by atoms with E-state index in [1.807, 2.05) is 0 Å². The minimum absolute atomic E-state index is 0.155. The van der Waals surface area contributed by atoms with Crippen LogP contribution in [0.2, 0.25) is 0 Å². The van der Waals surface area contributed by atoms with Crippen molar-refractivity contribution in [2.45, 2.75) is 6.54 Å². The smallest absolute Gasteiger partial charge is 0.373 e. The fourth-order valence-electron chi connectivity index (χ4n) is 1.52. The Morgan fingerprint density at radius 3 is 3.00 bits per heavy atom. The molecule has 0 bridgehead atoms. The zero-order valence-electron chi connectivity index (χ0n) is 9.25. The van der Waals surface area contributed by atoms with Crippen LogP contribution in [0.15, 0.2) is 34.9 Å². The van der Waals surface area contributed by atoms with Crippen LogP contribution in [0.1, 0.15) is 26.8 Å². The molecule has 0 saturated heterocycles. The molecule has 0 N–H and O–H groups in total. The fourth-order valence-corrected chi connectivity index (χ4v) is 1.52. The molecule has 5 heteroatoms. The van der Waals surface area contributed by atoms with E-state index < -0.39 is 5.97 Å². The summed E-state index contributed by atoms with van der Waals surface area (Å²) in [6.07, 6.45) is 2.54. The molecule has 0 radical (unpaired) electrons. The van der Waals surface area contributed by atoms with E-state index in [1.54, 1.807) is 35.0 Å². The molecule has 2 aromatic rings. The minimum atomic E-state index is -0.514. The molecule has 0 saturated carbocycles. The Morgan fingerprint density at radius 1 is 1.47 bits per heavy atom. The van der Waals surface area contributed by atoms with Gasteiger partial charge in [-0.15, -0.1) is 0 Å². The molecule has 0 aliphatic carbocycles. The Kier molecular flexibility index (Phi) is 3.09. The molecule has 0 aromatic carbocycles. The van der Waals surface area contributed by atoms with Crippen LogP contribution in [-0.4, -0.2) is 23.9 Å². The second kappa shape index (κ2) is 4.69. The van der Waals surface area contributed by atoms with Crippen molar-refractivity contribution in [3.05, 3.63) is 47.7 Å². The number of carbonyl (C=O) groups is 2. The summed E-state index contributed by atoms with van der Waals surface area (Å²) in [5.74, 6) is 0.228. The molecule has 2 aromatic heterocycles. The predicted molar refractivity (Wildman–Crippen MR) is 59.0 cm³/mol. The number of esters is 1. The number of nitrogens with zero attached hydrogens (tertiary/aromatic N) is 1. The first-order valence-corrected chi connectivity index (χ1v) is 5.02. The molecule has 17 heavy (non-hydrogen) atoms. The van der Waals surface area contributed by atoms with Gasteiger partial charge in [-0.05, 0) is 24.3 Å². The third-order valence-corrected chi connectivity index (χ3v) is 2.36. The first-order valence-electron chi connectivity index (χ1n) is 5.02. The molecule has 5 nitrogen and oxygen atoms in total. The van der Waals surface area contributed by atoms with Gasteiger partial charge in [0.2, 0.25) is 5.76 Å². The molecule has 0 atom stereocenters. The van der Waals surface area contributed by atoms with E-state index in [0.717, 1.165) is 6.29 Å². The highest BCUT2D eigenvalue weighted by Crippen LogP contribution is 2.12. The molecule has 2 rings (SSSR count). The maximum atomic E-state index is 11.2. The zero-order valence-corrected chi connectivity index (χ0v) is 9.25. The third-order valence-electron chi connectivity index (χ3n) is 2.36. The van der Waals surface area contributed by atoms with Crippen LogP contribution in [0.3, 0.4) is 0 Å². The molecule has 0 unspecified atom stereocenters. The highest BCUT2D eigenvalue weighted by molar-refractivity contribution is 5.86. The van der Waals surface area contributed by atoms with Crippen molar-refractivity contribution in [2.75, 3.05) is 7.11 Å². The van der Waals surface area contributed by atoms with Gasteiger partial charge in [-0.2, -0.15) is 0 Å². The maximum Gasteiger partial charge on any atom is 0.373 e. The maximum absolute atomic E-state index is 11.2. The summed E-state index contributed by atoms with van der Waals surface area (Å²) in [7, 11) is 1.29. The predicted octanol–water partition coefficient (Wildman–Crippen LogP) is 1.73. The van der Waals surface area contributed by atoms with E-state index in [0.29, 0.717) is 18.0 Å². The zero-order chi connectivity index (χ0) is 12.3. The molecule has 0 aliphatic rings. The van der Waals surface area contributed by atoms with Crippen LogP contribution in [-0.2, 0) is 11.3 Å². The Balaban J connectivity index is 2.17. The highest BCUT2D eigenvalue weighted by atomic mass is 16.5. The number of methoxy groups -OCH3 is 1. The Bertz CT molecular complexity index is 538. The molecule has 2 heterocycles. The summed E-state index contributed by atoms with van der Waals surface area (Å²) in [5, 5.41) is 0. The van der Waals surface area contributed by atoms with E-state index in [2.05, 4.69) is 4.74 Å². The van der Waals surface area contributed by atoms with Crippen LogP contribution in [0.5, 0.6) is 0 Å². The number of furan rings is 1.